The first-order chi connectivity index (χ1) is 17.5. The number of aliphatic hydroxyl groups excluding tert-OH is 1. The van der Waals surface area contributed by atoms with Crippen LogP contribution in [0.3, 0.4) is 0 Å². The molecule has 0 saturated heterocycles. The monoisotopic (exact) mass is 523 g/mol. The molecule has 0 aliphatic rings. The number of anilines is 4. The summed E-state index contributed by atoms with van der Waals surface area (Å²) >= 11 is 0. The van der Waals surface area contributed by atoms with Gasteiger partial charge in [-0.1, -0.05) is 4.73 Å². The van der Waals surface area contributed by atoms with E-state index in [1.807, 2.05) is 0 Å². The summed E-state index contributed by atoms with van der Waals surface area (Å²) < 4.78 is 61.7. The number of rotatable bonds is 7. The number of aromatic nitrogens is 3. The van der Waals surface area contributed by atoms with Gasteiger partial charge in [-0.15, -0.1) is 0 Å². The molecule has 0 radical (unpaired) electrons. The lowest BCUT2D eigenvalue weighted by molar-refractivity contribution is -0.200. The average Bonchev–Trinajstić information content (AvgIpc) is 3.15. The zero-order valence-electron chi connectivity index (χ0n) is 19.0. The van der Waals surface area contributed by atoms with Crippen molar-refractivity contribution < 1.29 is 41.5 Å². The highest BCUT2D eigenvalue weighted by Gasteiger charge is 2.42. The Kier molecular flexibility index (Phi) is 6.72. The Hall–Kier alpha value is -4.66. The lowest BCUT2D eigenvalue weighted by Gasteiger charge is -2.13. The quantitative estimate of drug-likeness (QED) is 0.309. The van der Waals surface area contributed by atoms with Crippen LogP contribution >= 0.6 is 0 Å². The summed E-state index contributed by atoms with van der Waals surface area (Å²) in [6.45, 7) is 1.07. The van der Waals surface area contributed by atoms with Gasteiger partial charge in [0.15, 0.2) is 17.1 Å². The lowest BCUT2D eigenvalue weighted by Crippen LogP contribution is -2.36. The van der Waals surface area contributed by atoms with Crippen molar-refractivity contribution in [3.63, 3.8) is 0 Å². The minimum atomic E-state index is -5.34. The second kappa shape index (κ2) is 9.77. The van der Waals surface area contributed by atoms with Crippen LogP contribution < -0.4 is 26.0 Å². The molecule has 0 aliphatic heterocycles. The van der Waals surface area contributed by atoms with Crippen LogP contribution in [0.25, 0.3) is 11.1 Å². The van der Waals surface area contributed by atoms with Crippen molar-refractivity contribution in [3.8, 4) is 5.75 Å². The van der Waals surface area contributed by atoms with E-state index >= 15 is 0 Å². The lowest BCUT2D eigenvalue weighted by atomic mass is 10.2. The summed E-state index contributed by atoms with van der Waals surface area (Å²) in [5.41, 5.74) is 0.708. The van der Waals surface area contributed by atoms with Crippen LogP contribution in [0.4, 0.5) is 40.7 Å². The summed E-state index contributed by atoms with van der Waals surface area (Å²) in [4.78, 5) is 35.6. The third-order valence-corrected chi connectivity index (χ3v) is 4.94. The van der Waals surface area contributed by atoms with E-state index in [9.17, 15) is 32.3 Å². The number of benzene rings is 2. The van der Waals surface area contributed by atoms with E-state index in [0.29, 0.717) is 11.3 Å². The van der Waals surface area contributed by atoms with Gasteiger partial charge >= 0.3 is 17.9 Å². The van der Waals surface area contributed by atoms with Crippen LogP contribution in [0.2, 0.25) is 0 Å². The molecule has 4 aromatic rings. The molecule has 37 heavy (non-hydrogen) atoms. The zero-order chi connectivity index (χ0) is 26.9. The molecule has 0 aliphatic carbocycles. The van der Waals surface area contributed by atoms with Crippen LogP contribution in [-0.2, 0) is 11.4 Å². The van der Waals surface area contributed by atoms with E-state index in [2.05, 4.69) is 25.4 Å². The number of nitrogens with one attached hydrogen (secondary N) is 2. The third kappa shape index (κ3) is 5.30. The second-order valence-corrected chi connectivity index (χ2v) is 7.51. The van der Waals surface area contributed by atoms with Crippen molar-refractivity contribution in [2.75, 3.05) is 17.7 Å². The molecule has 0 fully saturated rings. The van der Waals surface area contributed by atoms with E-state index in [-0.39, 0.29) is 44.6 Å². The molecular weight excluding hydrogens is 506 g/mol. The van der Waals surface area contributed by atoms with Gasteiger partial charge in [0.2, 0.25) is 5.95 Å². The third-order valence-electron chi connectivity index (χ3n) is 4.94. The van der Waals surface area contributed by atoms with Gasteiger partial charge in [-0.2, -0.15) is 18.2 Å². The SMILES string of the molecule is COc1cc(Nc2ncc(CO)c(Nc3ccc4oc(=O)n(OC(=O)C(F)(F)F)c4c3)n2)cc(C)c1F. The van der Waals surface area contributed by atoms with E-state index in [1.54, 1.807) is 6.92 Å². The molecule has 2 aromatic heterocycles. The molecule has 194 valence electrons. The fraction of sp³-hybridized carbons (Fsp3) is 0.182. The van der Waals surface area contributed by atoms with Gasteiger partial charge in [-0.05, 0) is 36.8 Å². The van der Waals surface area contributed by atoms with Crippen LogP contribution in [0, 0.1) is 12.7 Å². The van der Waals surface area contributed by atoms with Gasteiger partial charge < -0.3 is 29.7 Å². The molecule has 0 spiro atoms. The number of carbonyl (C=O) groups is 1. The number of fused-ring (bicyclic) bond motifs is 1. The Labute approximate surface area is 204 Å². The topological polar surface area (TPSA) is 141 Å². The van der Waals surface area contributed by atoms with E-state index < -0.39 is 30.3 Å². The van der Waals surface area contributed by atoms with Crippen molar-refractivity contribution in [1.82, 2.24) is 14.7 Å². The number of methoxy groups -OCH3 is 1. The van der Waals surface area contributed by atoms with E-state index in [0.717, 1.165) is 0 Å². The van der Waals surface area contributed by atoms with Gasteiger partial charge in [-0.25, -0.2) is 19.0 Å². The maximum absolute atomic E-state index is 14.1. The molecule has 11 nitrogen and oxygen atoms in total. The number of aliphatic hydroxyl groups is 1. The van der Waals surface area contributed by atoms with Crippen LogP contribution in [0.1, 0.15) is 11.1 Å². The summed E-state index contributed by atoms with van der Waals surface area (Å²) in [7, 11) is 1.32. The maximum Gasteiger partial charge on any atom is 0.493 e. The van der Waals surface area contributed by atoms with Gasteiger partial charge in [0.25, 0.3) is 0 Å². The molecule has 0 atom stereocenters. The van der Waals surface area contributed by atoms with Gasteiger partial charge in [0, 0.05) is 29.2 Å². The first-order valence-corrected chi connectivity index (χ1v) is 10.3. The van der Waals surface area contributed by atoms with Crippen LogP contribution in [0.15, 0.2) is 45.7 Å². The molecule has 0 saturated carbocycles. The Morgan fingerprint density at radius 1 is 1.19 bits per heavy atom. The molecule has 0 amide bonds. The van der Waals surface area contributed by atoms with Gasteiger partial charge in [0.05, 0.1) is 13.7 Å². The Balaban J connectivity index is 1.66. The average molecular weight is 523 g/mol. The molecule has 0 bridgehead atoms. The first kappa shape index (κ1) is 25.4. The Bertz CT molecular complexity index is 1550. The fourth-order valence-corrected chi connectivity index (χ4v) is 3.21. The summed E-state index contributed by atoms with van der Waals surface area (Å²) in [5, 5.41) is 15.4. The number of aryl methyl sites for hydroxylation is 1. The molecule has 2 heterocycles. The first-order valence-electron chi connectivity index (χ1n) is 10.3. The zero-order valence-corrected chi connectivity index (χ0v) is 19.0. The second-order valence-electron chi connectivity index (χ2n) is 7.51. The molecular formula is C22H17F4N5O6. The van der Waals surface area contributed by atoms with Crippen LogP contribution in [0.5, 0.6) is 5.75 Å². The molecule has 0 unspecified atom stereocenters. The predicted molar refractivity (Wildman–Crippen MR) is 120 cm³/mol. The number of nitrogens with zero attached hydrogens (tertiary/aromatic N) is 3. The highest BCUT2D eigenvalue weighted by molar-refractivity contribution is 5.81. The number of hydrogen-bond acceptors (Lipinski definition) is 10. The van der Waals surface area contributed by atoms with Crippen molar-refractivity contribution in [2.45, 2.75) is 19.7 Å². The predicted octanol–water partition coefficient (Wildman–Crippen LogP) is 3.34. The fourth-order valence-electron chi connectivity index (χ4n) is 3.21. The minimum absolute atomic E-state index is 0.00138. The summed E-state index contributed by atoms with van der Waals surface area (Å²) in [5.74, 6) is -4.35. The Morgan fingerprint density at radius 3 is 2.62 bits per heavy atom. The Morgan fingerprint density at radius 2 is 1.95 bits per heavy atom. The summed E-state index contributed by atoms with van der Waals surface area (Å²) in [6, 6.07) is 6.74. The maximum atomic E-state index is 14.1. The summed E-state index contributed by atoms with van der Waals surface area (Å²) in [6.07, 6.45) is -4.03. The van der Waals surface area contributed by atoms with E-state index in [1.165, 1.54) is 43.6 Å². The molecule has 3 N–H and O–H groups in total. The van der Waals surface area contributed by atoms with Crippen molar-refractivity contribution in [2.24, 2.45) is 0 Å². The number of oxazole rings is 1. The van der Waals surface area contributed by atoms with Gasteiger partial charge in [-0.3, -0.25) is 0 Å². The largest absolute Gasteiger partial charge is 0.494 e. The van der Waals surface area contributed by atoms with E-state index in [4.69, 9.17) is 9.15 Å². The highest BCUT2D eigenvalue weighted by atomic mass is 19.4. The normalized spacial score (nSPS) is 11.4. The van der Waals surface area contributed by atoms with Crippen LogP contribution in [-0.4, -0.2) is 39.1 Å². The molecule has 2 aromatic carbocycles. The van der Waals surface area contributed by atoms with Crippen molar-refractivity contribution >= 4 is 40.2 Å². The number of hydrogen-bond donors (Lipinski definition) is 3. The number of halogens is 4. The molecule has 15 heteroatoms. The van der Waals surface area contributed by atoms with Crippen molar-refractivity contribution in [3.05, 3.63) is 64.0 Å². The standard InChI is InChI=1S/C22H17F4N5O6/c1-10-5-13(7-16(35-2)17(10)23)29-20-27-8-11(9-32)18(30-20)28-12-3-4-15-14(6-12)31(21(34)36-15)37-19(33)22(24,25)26/h3-8,32H,9H2,1-2H3,(H2,27,28,29,30). The molecule has 4 rings (SSSR count). The minimum Gasteiger partial charge on any atom is -0.494 e. The van der Waals surface area contributed by atoms with Crippen molar-refractivity contribution in [1.29, 1.82) is 0 Å². The van der Waals surface area contributed by atoms with Gasteiger partial charge in [0.1, 0.15) is 11.3 Å². The smallest absolute Gasteiger partial charge is 0.493 e. The highest BCUT2D eigenvalue weighted by Crippen LogP contribution is 2.28. The number of carbonyl (C=O) groups excluding carboxylic acids is 1. The number of ether oxygens (including phenoxy) is 1. The number of alkyl halides is 3.